The second-order valence-corrected chi connectivity index (χ2v) is 4.16. The first-order valence-corrected chi connectivity index (χ1v) is 5.68. The number of anilines is 1. The Morgan fingerprint density at radius 1 is 1.19 bits per heavy atom. The number of nitrogens with zero attached hydrogens (tertiary/aromatic N) is 4. The number of nitro groups is 3. The minimum absolute atomic E-state index is 0.136. The molecule has 0 unspecified atom stereocenters. The van der Waals surface area contributed by atoms with E-state index in [9.17, 15) is 30.3 Å². The van der Waals surface area contributed by atoms with Gasteiger partial charge in [0.2, 0.25) is 0 Å². The molecule has 21 heavy (non-hydrogen) atoms. The molecule has 0 N–H and O–H groups in total. The maximum absolute atomic E-state index is 11.2. The Bertz CT molecular complexity index is 642. The molecule has 0 heterocycles. The predicted octanol–water partition coefficient (Wildman–Crippen LogP) is 2.30. The number of hydrogen-bond donors (Lipinski definition) is 0. The van der Waals surface area contributed by atoms with Crippen molar-refractivity contribution >= 4 is 17.1 Å². The molecule has 0 aliphatic carbocycles. The van der Waals surface area contributed by atoms with Gasteiger partial charge < -0.3 is 0 Å². The van der Waals surface area contributed by atoms with E-state index in [2.05, 4.69) is 6.58 Å². The van der Waals surface area contributed by atoms with E-state index in [1.54, 1.807) is 0 Å². The van der Waals surface area contributed by atoms with Crippen molar-refractivity contribution in [3.63, 3.8) is 0 Å². The fourth-order valence-corrected chi connectivity index (χ4v) is 1.85. The van der Waals surface area contributed by atoms with E-state index in [1.807, 2.05) is 0 Å². The lowest BCUT2D eigenvalue weighted by atomic mass is 10.0. The number of hydrazine groups is 1. The smallest absolute Gasteiger partial charge is 0.258 e. The largest absolute Gasteiger partial charge is 0.308 e. The van der Waals surface area contributed by atoms with Crippen molar-refractivity contribution in [2.24, 2.45) is 0 Å². The quantitative estimate of drug-likeness (QED) is 0.446. The van der Waals surface area contributed by atoms with Crippen LogP contribution in [0.15, 0.2) is 18.7 Å². The van der Waals surface area contributed by atoms with Crippen molar-refractivity contribution in [2.75, 3.05) is 11.6 Å². The maximum atomic E-state index is 11.2. The van der Waals surface area contributed by atoms with Crippen LogP contribution >= 0.6 is 0 Å². The maximum Gasteiger partial charge on any atom is 0.308 e. The van der Waals surface area contributed by atoms with Crippen LogP contribution in [0.3, 0.4) is 0 Å². The van der Waals surface area contributed by atoms with E-state index in [1.165, 1.54) is 13.8 Å². The van der Waals surface area contributed by atoms with Crippen molar-refractivity contribution in [3.8, 4) is 0 Å². The van der Waals surface area contributed by atoms with Gasteiger partial charge >= 0.3 is 11.4 Å². The van der Waals surface area contributed by atoms with Gasteiger partial charge in [0.25, 0.3) is 5.69 Å². The molecule has 0 aromatic heterocycles. The molecule has 112 valence electrons. The van der Waals surface area contributed by atoms with Crippen LogP contribution in [0, 0.1) is 44.2 Å². The van der Waals surface area contributed by atoms with E-state index in [0.29, 0.717) is 10.6 Å². The molecule has 0 fully saturated rings. The Kier molecular flexibility index (Phi) is 4.53. The average molecular weight is 296 g/mol. The van der Waals surface area contributed by atoms with Gasteiger partial charge in [-0.25, -0.2) is 10.1 Å². The Labute approximate surface area is 118 Å². The first-order valence-electron chi connectivity index (χ1n) is 5.68. The summed E-state index contributed by atoms with van der Waals surface area (Å²) in [5, 5.41) is 32.8. The molecule has 0 saturated heterocycles. The van der Waals surface area contributed by atoms with E-state index < -0.39 is 38.5 Å². The molecule has 0 atom stereocenters. The summed E-state index contributed by atoms with van der Waals surface area (Å²) in [6, 6.07) is 1.08. The highest BCUT2D eigenvalue weighted by molar-refractivity contribution is 5.78. The molecule has 0 aliphatic heterocycles. The van der Waals surface area contributed by atoms with Crippen molar-refractivity contribution in [2.45, 2.75) is 13.8 Å². The molecule has 0 amide bonds. The number of hydrogen-bond acceptors (Lipinski definition) is 6. The molecule has 0 saturated carbocycles. The lowest BCUT2D eigenvalue weighted by Gasteiger charge is -2.14. The summed E-state index contributed by atoms with van der Waals surface area (Å²) < 4.78 is 0. The average Bonchev–Trinajstić information content (AvgIpc) is 2.37. The molecule has 1 aromatic rings. The third kappa shape index (κ3) is 2.94. The summed E-state index contributed by atoms with van der Waals surface area (Å²) in [6.45, 7) is 5.75. The van der Waals surface area contributed by atoms with Crippen molar-refractivity contribution < 1.29 is 14.9 Å². The summed E-state index contributed by atoms with van der Waals surface area (Å²) in [5.41, 5.74) is -1.56. The Hall–Kier alpha value is -3.04. The highest BCUT2D eigenvalue weighted by atomic mass is 16.7. The molecule has 0 spiro atoms. The third-order valence-electron chi connectivity index (χ3n) is 2.90. The lowest BCUT2D eigenvalue weighted by molar-refractivity contribution is -0.496. The van der Waals surface area contributed by atoms with Crippen LogP contribution in [-0.2, 0) is 0 Å². The van der Waals surface area contributed by atoms with Gasteiger partial charge in [-0.3, -0.25) is 20.2 Å². The number of rotatable bonds is 6. The van der Waals surface area contributed by atoms with Crippen LogP contribution in [-0.4, -0.2) is 21.4 Å². The van der Waals surface area contributed by atoms with E-state index in [0.717, 1.165) is 12.1 Å². The normalized spacial score (nSPS) is 10.0. The lowest BCUT2D eigenvalue weighted by Crippen LogP contribution is -2.31. The van der Waals surface area contributed by atoms with Gasteiger partial charge in [-0.2, -0.15) is 0 Å². The zero-order valence-electron chi connectivity index (χ0n) is 11.3. The Morgan fingerprint density at radius 2 is 1.76 bits per heavy atom. The molecule has 10 nitrogen and oxygen atoms in total. The second kappa shape index (κ2) is 5.94. The van der Waals surface area contributed by atoms with Crippen LogP contribution in [0.4, 0.5) is 17.1 Å². The highest BCUT2D eigenvalue weighted by Crippen LogP contribution is 2.41. The van der Waals surface area contributed by atoms with Gasteiger partial charge in [0.15, 0.2) is 5.03 Å². The number of benzene rings is 1. The van der Waals surface area contributed by atoms with Crippen molar-refractivity contribution in [1.29, 1.82) is 0 Å². The second-order valence-electron chi connectivity index (χ2n) is 4.16. The Morgan fingerprint density at radius 3 is 2.14 bits per heavy atom. The van der Waals surface area contributed by atoms with Gasteiger partial charge in [-0.1, -0.05) is 11.1 Å². The van der Waals surface area contributed by atoms with Gasteiger partial charge in [0.1, 0.15) is 6.54 Å². The topological polar surface area (TPSA) is 133 Å². The van der Waals surface area contributed by atoms with Gasteiger partial charge in [-0.15, -0.1) is 6.58 Å². The zero-order chi connectivity index (χ0) is 16.3. The van der Waals surface area contributed by atoms with Gasteiger partial charge in [0.05, 0.1) is 9.85 Å². The molecular weight excluding hydrogens is 284 g/mol. The first kappa shape index (κ1) is 16.0. The fourth-order valence-electron chi connectivity index (χ4n) is 1.85. The van der Waals surface area contributed by atoms with E-state index in [-0.39, 0.29) is 5.56 Å². The van der Waals surface area contributed by atoms with Crippen LogP contribution < -0.4 is 5.01 Å². The van der Waals surface area contributed by atoms with E-state index >= 15 is 0 Å². The summed E-state index contributed by atoms with van der Waals surface area (Å²) in [4.78, 5) is 31.6. The molecule has 1 aromatic carbocycles. The summed E-state index contributed by atoms with van der Waals surface area (Å²) in [6.07, 6.45) is 1.13. The first-order chi connectivity index (χ1) is 9.72. The van der Waals surface area contributed by atoms with Crippen LogP contribution in [0.5, 0.6) is 0 Å². The van der Waals surface area contributed by atoms with Crippen molar-refractivity contribution in [3.05, 3.63) is 60.2 Å². The fraction of sp³-hybridized carbons (Fsp3) is 0.273. The van der Waals surface area contributed by atoms with Crippen LogP contribution in [0.25, 0.3) is 0 Å². The minimum atomic E-state index is -0.939. The summed E-state index contributed by atoms with van der Waals surface area (Å²) in [7, 11) is 0. The Balaban J connectivity index is 3.85. The van der Waals surface area contributed by atoms with Crippen LogP contribution in [0.2, 0.25) is 0 Å². The van der Waals surface area contributed by atoms with E-state index in [4.69, 9.17) is 0 Å². The third-order valence-corrected chi connectivity index (χ3v) is 2.90. The van der Waals surface area contributed by atoms with Crippen LogP contribution in [0.1, 0.15) is 11.1 Å². The standard InChI is InChI=1S/C11H12N4O6/c1-4-5-12(15(20)21)11-9(13(16)17)6-7(2)8(3)10(11)14(18)19/h4,6H,1,5H2,2-3H3. The highest BCUT2D eigenvalue weighted by Gasteiger charge is 2.37. The zero-order valence-corrected chi connectivity index (χ0v) is 11.3. The van der Waals surface area contributed by atoms with Gasteiger partial charge in [0, 0.05) is 11.6 Å². The number of nitro benzene ring substituents is 2. The van der Waals surface area contributed by atoms with Crippen molar-refractivity contribution in [1.82, 2.24) is 0 Å². The van der Waals surface area contributed by atoms with Gasteiger partial charge in [-0.05, 0) is 19.4 Å². The molecule has 0 radical (unpaired) electrons. The molecule has 10 heteroatoms. The molecule has 0 aliphatic rings. The minimum Gasteiger partial charge on any atom is -0.258 e. The summed E-state index contributed by atoms with van der Waals surface area (Å²) in [5.74, 6) is 0. The monoisotopic (exact) mass is 296 g/mol. The molecule has 1 rings (SSSR count). The number of aryl methyl sites for hydroxylation is 1. The SMILES string of the molecule is C=CCN(c1c([N+](=O)[O-])cc(C)c(C)c1[N+](=O)[O-])[N+](=O)[O-]. The molecular formula is C11H12N4O6. The summed E-state index contributed by atoms with van der Waals surface area (Å²) >= 11 is 0. The molecule has 0 bridgehead atoms. The predicted molar refractivity (Wildman–Crippen MR) is 73.8 cm³/mol.